The molecule has 0 unspecified atom stereocenters. The van der Waals surface area contributed by atoms with Crippen molar-refractivity contribution in [1.82, 2.24) is 15.5 Å². The van der Waals surface area contributed by atoms with E-state index in [4.69, 9.17) is 23.2 Å². The lowest BCUT2D eigenvalue weighted by Crippen LogP contribution is -2.46. The van der Waals surface area contributed by atoms with E-state index >= 15 is 0 Å². The number of halogens is 3. The van der Waals surface area contributed by atoms with E-state index in [1.54, 1.807) is 0 Å². The molecule has 0 aliphatic carbocycles. The van der Waals surface area contributed by atoms with E-state index in [1.165, 1.54) is 11.3 Å². The zero-order chi connectivity index (χ0) is 15.1. The molecule has 0 radical (unpaired) electrons. The molecule has 4 nitrogen and oxygen atoms in total. The highest BCUT2D eigenvalue weighted by Gasteiger charge is 2.10. The van der Waals surface area contributed by atoms with Crippen LogP contribution >= 0.6 is 46.9 Å². The van der Waals surface area contributed by atoms with Crippen molar-refractivity contribution in [3.8, 4) is 0 Å². The molecule has 2 N–H and O–H groups in total. The Labute approximate surface area is 151 Å². The van der Waals surface area contributed by atoms with Crippen LogP contribution in [-0.2, 0) is 11.2 Å². The Morgan fingerprint density at radius 2 is 2.09 bits per heavy atom. The predicted octanol–water partition coefficient (Wildman–Crippen LogP) is 2.82. The molecule has 0 spiro atoms. The first-order valence-electron chi connectivity index (χ1n) is 7.28. The van der Waals surface area contributed by atoms with Gasteiger partial charge in [0.25, 0.3) is 0 Å². The van der Waals surface area contributed by atoms with Gasteiger partial charge in [0.15, 0.2) is 0 Å². The van der Waals surface area contributed by atoms with Crippen LogP contribution in [0.4, 0.5) is 0 Å². The van der Waals surface area contributed by atoms with Crippen molar-refractivity contribution < 1.29 is 4.79 Å². The number of nitrogens with one attached hydrogen (secondary N) is 2. The highest BCUT2D eigenvalue weighted by Crippen LogP contribution is 2.31. The maximum atomic E-state index is 11.8. The van der Waals surface area contributed by atoms with Crippen LogP contribution in [0.2, 0.25) is 8.67 Å². The number of nitrogens with zero attached hydrogens (tertiary/aromatic N) is 1. The van der Waals surface area contributed by atoms with Crippen LogP contribution < -0.4 is 10.6 Å². The van der Waals surface area contributed by atoms with E-state index in [-0.39, 0.29) is 18.3 Å². The van der Waals surface area contributed by atoms with Gasteiger partial charge in [-0.25, -0.2) is 0 Å². The maximum Gasteiger partial charge on any atom is 0.220 e. The molecule has 1 aliphatic rings. The topological polar surface area (TPSA) is 44.4 Å². The first kappa shape index (κ1) is 20.0. The quantitative estimate of drug-likeness (QED) is 0.757. The molecule has 1 saturated heterocycles. The van der Waals surface area contributed by atoms with Crippen LogP contribution in [0.5, 0.6) is 0 Å². The van der Waals surface area contributed by atoms with Crippen LogP contribution in [0, 0.1) is 0 Å². The van der Waals surface area contributed by atoms with Gasteiger partial charge in [0, 0.05) is 45.7 Å². The zero-order valence-corrected chi connectivity index (χ0v) is 15.5. The van der Waals surface area contributed by atoms with Crippen molar-refractivity contribution in [2.24, 2.45) is 0 Å². The highest BCUT2D eigenvalue weighted by atomic mass is 35.5. The van der Waals surface area contributed by atoms with E-state index in [0.29, 0.717) is 10.8 Å². The molecule has 0 atom stereocenters. The number of amides is 1. The molecular weight excluding hydrogens is 365 g/mol. The second-order valence-electron chi connectivity index (χ2n) is 5.14. The van der Waals surface area contributed by atoms with E-state index in [2.05, 4.69) is 15.5 Å². The molecular formula is C14H22Cl3N3OS. The number of carbonyl (C=O) groups excluding carboxylic acids is 1. The lowest BCUT2D eigenvalue weighted by molar-refractivity contribution is -0.121. The van der Waals surface area contributed by atoms with Crippen LogP contribution in [-0.4, -0.2) is 50.1 Å². The smallest absolute Gasteiger partial charge is 0.220 e. The summed E-state index contributed by atoms with van der Waals surface area (Å²) in [5, 5.41) is 6.29. The number of piperazine rings is 1. The van der Waals surface area contributed by atoms with Crippen LogP contribution in [0.25, 0.3) is 0 Å². The summed E-state index contributed by atoms with van der Waals surface area (Å²) < 4.78 is 1.44. The third kappa shape index (κ3) is 7.02. The van der Waals surface area contributed by atoms with E-state index < -0.39 is 0 Å². The van der Waals surface area contributed by atoms with Gasteiger partial charge in [-0.1, -0.05) is 23.2 Å². The van der Waals surface area contributed by atoms with Gasteiger partial charge in [-0.05, 0) is 24.5 Å². The molecule has 0 aromatic carbocycles. The monoisotopic (exact) mass is 385 g/mol. The molecule has 22 heavy (non-hydrogen) atoms. The summed E-state index contributed by atoms with van der Waals surface area (Å²) in [6, 6.07) is 1.89. The lowest BCUT2D eigenvalue weighted by atomic mass is 10.1. The van der Waals surface area contributed by atoms with Gasteiger partial charge in [0.1, 0.15) is 0 Å². The highest BCUT2D eigenvalue weighted by molar-refractivity contribution is 7.20. The van der Waals surface area contributed by atoms with E-state index in [1.807, 2.05) is 6.07 Å². The average molecular weight is 387 g/mol. The van der Waals surface area contributed by atoms with Crippen molar-refractivity contribution >= 4 is 52.9 Å². The summed E-state index contributed by atoms with van der Waals surface area (Å²) >= 11 is 13.3. The second kappa shape index (κ2) is 10.7. The number of rotatable bonds is 7. The molecule has 126 valence electrons. The first-order valence-corrected chi connectivity index (χ1v) is 8.86. The van der Waals surface area contributed by atoms with E-state index in [9.17, 15) is 4.79 Å². The number of thiophene rings is 1. The minimum Gasteiger partial charge on any atom is -0.355 e. The van der Waals surface area contributed by atoms with E-state index in [0.717, 1.165) is 62.0 Å². The van der Waals surface area contributed by atoms with Gasteiger partial charge in [-0.3, -0.25) is 9.69 Å². The Morgan fingerprint density at radius 3 is 2.73 bits per heavy atom. The van der Waals surface area contributed by atoms with Gasteiger partial charge < -0.3 is 10.6 Å². The SMILES string of the molecule is Cl.O=C(CCCc1cc(Cl)sc1Cl)NCCN1CCNCC1. The van der Waals surface area contributed by atoms with Gasteiger partial charge in [0.05, 0.1) is 8.67 Å². The van der Waals surface area contributed by atoms with Gasteiger partial charge >= 0.3 is 0 Å². The van der Waals surface area contributed by atoms with Crippen molar-refractivity contribution in [2.75, 3.05) is 39.3 Å². The normalized spacial score (nSPS) is 15.4. The number of carbonyl (C=O) groups is 1. The predicted molar refractivity (Wildman–Crippen MR) is 96.8 cm³/mol. The molecule has 1 amide bonds. The average Bonchev–Trinajstić information content (AvgIpc) is 2.78. The molecule has 1 fully saturated rings. The Kier molecular flexibility index (Phi) is 9.71. The second-order valence-corrected chi connectivity index (χ2v) is 7.43. The third-order valence-corrected chi connectivity index (χ3v) is 5.11. The summed E-state index contributed by atoms with van der Waals surface area (Å²) in [4.78, 5) is 14.1. The van der Waals surface area contributed by atoms with Crippen molar-refractivity contribution in [2.45, 2.75) is 19.3 Å². The molecule has 0 bridgehead atoms. The van der Waals surface area contributed by atoms with Crippen LogP contribution in [0.3, 0.4) is 0 Å². The summed E-state index contributed by atoms with van der Waals surface area (Å²) in [6.45, 7) is 5.86. The van der Waals surface area contributed by atoms with Crippen molar-refractivity contribution in [1.29, 1.82) is 0 Å². The summed E-state index contributed by atoms with van der Waals surface area (Å²) in [5.74, 6) is 0.114. The van der Waals surface area contributed by atoms with Gasteiger partial charge in [-0.2, -0.15) is 0 Å². The standard InChI is InChI=1S/C14H21Cl2N3OS.ClH/c15-12-10-11(14(16)21-12)2-1-3-13(20)18-6-9-19-7-4-17-5-8-19;/h10,17H,1-9H2,(H,18,20);1H. The van der Waals surface area contributed by atoms with Crippen LogP contribution in [0.1, 0.15) is 18.4 Å². The molecule has 2 rings (SSSR count). The Morgan fingerprint density at radius 1 is 1.36 bits per heavy atom. The van der Waals surface area contributed by atoms with Crippen LogP contribution in [0.15, 0.2) is 6.07 Å². The molecule has 1 aromatic rings. The number of hydrogen-bond acceptors (Lipinski definition) is 4. The summed E-state index contributed by atoms with van der Waals surface area (Å²) in [5.41, 5.74) is 1.04. The van der Waals surface area contributed by atoms with Crippen molar-refractivity contribution in [3.63, 3.8) is 0 Å². The number of aryl methyl sites for hydroxylation is 1. The molecule has 8 heteroatoms. The fraction of sp³-hybridized carbons (Fsp3) is 0.643. The Hall–Kier alpha value is -0.0400. The molecule has 0 saturated carbocycles. The largest absolute Gasteiger partial charge is 0.355 e. The molecule has 1 aliphatic heterocycles. The molecule has 1 aromatic heterocycles. The van der Waals surface area contributed by atoms with Gasteiger partial charge in [0.2, 0.25) is 5.91 Å². The Bertz CT molecular complexity index is 464. The summed E-state index contributed by atoms with van der Waals surface area (Å²) in [7, 11) is 0. The first-order chi connectivity index (χ1) is 10.1. The minimum absolute atomic E-state index is 0. The fourth-order valence-electron chi connectivity index (χ4n) is 2.36. The molecule has 2 heterocycles. The fourth-order valence-corrected chi connectivity index (χ4v) is 3.91. The Balaban J connectivity index is 0.00000242. The minimum atomic E-state index is 0. The third-order valence-electron chi connectivity index (χ3n) is 3.54. The summed E-state index contributed by atoms with van der Waals surface area (Å²) in [6.07, 6.45) is 2.13. The zero-order valence-electron chi connectivity index (χ0n) is 12.4. The van der Waals surface area contributed by atoms with Gasteiger partial charge in [-0.15, -0.1) is 23.7 Å². The maximum absolute atomic E-state index is 11.8. The lowest BCUT2D eigenvalue weighted by Gasteiger charge is -2.27. The van der Waals surface area contributed by atoms with Crippen molar-refractivity contribution in [3.05, 3.63) is 20.3 Å². The number of hydrogen-bond donors (Lipinski definition) is 2.